The molecule has 0 fully saturated rings. The molecule has 124 valence electrons. The highest BCUT2D eigenvalue weighted by molar-refractivity contribution is 5.59. The smallest absolute Gasteiger partial charge is 0.143 e. The van der Waals surface area contributed by atoms with Gasteiger partial charge in [0.25, 0.3) is 0 Å². The first-order valence-corrected chi connectivity index (χ1v) is 8.35. The molecule has 0 atom stereocenters. The monoisotopic (exact) mass is 312 g/mol. The van der Waals surface area contributed by atoms with E-state index in [4.69, 9.17) is 4.74 Å². The Morgan fingerprint density at radius 2 is 1.78 bits per heavy atom. The first-order chi connectivity index (χ1) is 11.1. The molecule has 0 aliphatic heterocycles. The standard InChI is InChI=1S/C20H28N2O/c1-5-21-14-18-11-12-19(20(13-18)23-16(2)3)22(4)15-17-9-7-6-8-10-17/h6-13,16,21H,5,14-15H2,1-4H3. The van der Waals surface area contributed by atoms with Gasteiger partial charge in [0.2, 0.25) is 0 Å². The van der Waals surface area contributed by atoms with Gasteiger partial charge in [-0.05, 0) is 43.7 Å². The molecule has 3 nitrogen and oxygen atoms in total. The Morgan fingerprint density at radius 1 is 1.04 bits per heavy atom. The fourth-order valence-electron chi connectivity index (χ4n) is 2.54. The topological polar surface area (TPSA) is 24.5 Å². The van der Waals surface area contributed by atoms with Crippen molar-refractivity contribution in [2.75, 3.05) is 18.5 Å². The molecular formula is C20H28N2O. The minimum Gasteiger partial charge on any atom is -0.489 e. The van der Waals surface area contributed by atoms with Crippen LogP contribution in [-0.2, 0) is 13.1 Å². The van der Waals surface area contributed by atoms with Crippen LogP contribution in [0.1, 0.15) is 31.9 Å². The Bertz CT molecular complexity index is 596. The number of ether oxygens (including phenoxy) is 1. The Kier molecular flexibility index (Phi) is 6.48. The van der Waals surface area contributed by atoms with Gasteiger partial charge in [0.1, 0.15) is 5.75 Å². The summed E-state index contributed by atoms with van der Waals surface area (Å²) in [7, 11) is 2.11. The Morgan fingerprint density at radius 3 is 2.43 bits per heavy atom. The van der Waals surface area contributed by atoms with Crippen LogP contribution in [0.5, 0.6) is 5.75 Å². The molecule has 2 rings (SSSR count). The molecule has 23 heavy (non-hydrogen) atoms. The fourth-order valence-corrected chi connectivity index (χ4v) is 2.54. The van der Waals surface area contributed by atoms with Crippen molar-refractivity contribution in [3.63, 3.8) is 0 Å². The molecule has 0 unspecified atom stereocenters. The van der Waals surface area contributed by atoms with E-state index in [1.807, 2.05) is 6.07 Å². The van der Waals surface area contributed by atoms with Crippen molar-refractivity contribution < 1.29 is 4.74 Å². The number of hydrogen-bond acceptors (Lipinski definition) is 3. The van der Waals surface area contributed by atoms with Gasteiger partial charge in [-0.15, -0.1) is 0 Å². The number of benzene rings is 2. The molecule has 0 amide bonds. The van der Waals surface area contributed by atoms with Gasteiger partial charge in [0.15, 0.2) is 0 Å². The van der Waals surface area contributed by atoms with Crippen molar-refractivity contribution in [1.29, 1.82) is 0 Å². The Labute approximate surface area is 140 Å². The average Bonchev–Trinajstić information content (AvgIpc) is 2.53. The van der Waals surface area contributed by atoms with Gasteiger partial charge < -0.3 is 15.0 Å². The lowest BCUT2D eigenvalue weighted by Gasteiger charge is -2.24. The van der Waals surface area contributed by atoms with E-state index in [0.29, 0.717) is 0 Å². The van der Waals surface area contributed by atoms with E-state index in [9.17, 15) is 0 Å². The lowest BCUT2D eigenvalue weighted by molar-refractivity contribution is 0.242. The molecule has 0 bridgehead atoms. The van der Waals surface area contributed by atoms with Gasteiger partial charge in [-0.25, -0.2) is 0 Å². The number of nitrogens with zero attached hydrogens (tertiary/aromatic N) is 1. The van der Waals surface area contributed by atoms with Crippen molar-refractivity contribution in [2.45, 2.75) is 40.0 Å². The summed E-state index contributed by atoms with van der Waals surface area (Å²) in [4.78, 5) is 2.24. The number of anilines is 1. The SMILES string of the molecule is CCNCc1ccc(N(C)Cc2ccccc2)c(OC(C)C)c1. The molecule has 2 aromatic rings. The summed E-state index contributed by atoms with van der Waals surface area (Å²) in [5.74, 6) is 0.953. The van der Waals surface area contributed by atoms with Gasteiger partial charge >= 0.3 is 0 Å². The zero-order valence-electron chi connectivity index (χ0n) is 14.7. The van der Waals surface area contributed by atoms with E-state index < -0.39 is 0 Å². The highest BCUT2D eigenvalue weighted by Crippen LogP contribution is 2.30. The summed E-state index contributed by atoms with van der Waals surface area (Å²) in [5.41, 5.74) is 3.67. The van der Waals surface area contributed by atoms with Crippen LogP contribution in [0.4, 0.5) is 5.69 Å². The van der Waals surface area contributed by atoms with E-state index in [1.165, 1.54) is 11.1 Å². The summed E-state index contributed by atoms with van der Waals surface area (Å²) in [6.45, 7) is 8.95. The Balaban J connectivity index is 2.21. The first kappa shape index (κ1) is 17.4. The minimum absolute atomic E-state index is 0.160. The van der Waals surface area contributed by atoms with Gasteiger partial charge in [-0.1, -0.05) is 43.3 Å². The van der Waals surface area contributed by atoms with E-state index in [-0.39, 0.29) is 6.10 Å². The van der Waals surface area contributed by atoms with Crippen molar-refractivity contribution >= 4 is 5.69 Å². The lowest BCUT2D eigenvalue weighted by atomic mass is 10.1. The van der Waals surface area contributed by atoms with Crippen molar-refractivity contribution in [3.05, 3.63) is 59.7 Å². The van der Waals surface area contributed by atoms with Gasteiger partial charge in [0.05, 0.1) is 11.8 Å². The fraction of sp³-hybridized carbons (Fsp3) is 0.400. The molecule has 1 N–H and O–H groups in total. The second kappa shape index (κ2) is 8.59. The molecular weight excluding hydrogens is 284 g/mol. The molecule has 0 radical (unpaired) electrons. The van der Waals surface area contributed by atoms with Gasteiger partial charge in [-0.2, -0.15) is 0 Å². The van der Waals surface area contributed by atoms with E-state index in [1.54, 1.807) is 0 Å². The predicted molar refractivity (Wildman–Crippen MR) is 98.1 cm³/mol. The van der Waals surface area contributed by atoms with Gasteiger partial charge in [0, 0.05) is 20.1 Å². The van der Waals surface area contributed by atoms with Crippen molar-refractivity contribution in [3.8, 4) is 5.75 Å². The van der Waals surface area contributed by atoms with Crippen LogP contribution in [0.2, 0.25) is 0 Å². The van der Waals surface area contributed by atoms with Crippen LogP contribution in [0, 0.1) is 0 Å². The maximum atomic E-state index is 6.06. The first-order valence-electron chi connectivity index (χ1n) is 8.35. The normalized spacial score (nSPS) is 10.8. The number of nitrogens with one attached hydrogen (secondary N) is 1. The number of rotatable bonds is 8. The summed E-state index contributed by atoms with van der Waals surface area (Å²) in [5, 5.41) is 3.36. The summed E-state index contributed by atoms with van der Waals surface area (Å²) in [6, 6.07) is 17.0. The van der Waals surface area contributed by atoms with Crippen LogP contribution in [0.3, 0.4) is 0 Å². The summed E-state index contributed by atoms with van der Waals surface area (Å²) >= 11 is 0. The maximum absolute atomic E-state index is 6.06. The molecule has 0 aliphatic rings. The van der Waals surface area contributed by atoms with E-state index in [0.717, 1.165) is 31.1 Å². The highest BCUT2D eigenvalue weighted by Gasteiger charge is 2.12. The third-order valence-electron chi connectivity index (χ3n) is 3.64. The van der Waals surface area contributed by atoms with Crippen LogP contribution in [-0.4, -0.2) is 19.7 Å². The van der Waals surface area contributed by atoms with Crippen LogP contribution in [0.25, 0.3) is 0 Å². The molecule has 0 saturated carbocycles. The van der Waals surface area contributed by atoms with Crippen LogP contribution in [0.15, 0.2) is 48.5 Å². The molecule has 0 spiro atoms. The zero-order chi connectivity index (χ0) is 16.7. The number of hydrogen-bond donors (Lipinski definition) is 1. The maximum Gasteiger partial charge on any atom is 0.143 e. The van der Waals surface area contributed by atoms with Crippen LogP contribution < -0.4 is 15.0 Å². The molecule has 0 saturated heterocycles. The molecule has 0 aromatic heterocycles. The summed E-state index contributed by atoms with van der Waals surface area (Å²) in [6.07, 6.45) is 0.160. The van der Waals surface area contributed by atoms with E-state index in [2.05, 4.69) is 80.5 Å². The highest BCUT2D eigenvalue weighted by atomic mass is 16.5. The third-order valence-corrected chi connectivity index (χ3v) is 3.64. The van der Waals surface area contributed by atoms with Crippen molar-refractivity contribution in [2.24, 2.45) is 0 Å². The quantitative estimate of drug-likeness (QED) is 0.790. The second-order valence-electron chi connectivity index (χ2n) is 6.09. The summed E-state index contributed by atoms with van der Waals surface area (Å²) < 4.78 is 6.06. The third kappa shape index (κ3) is 5.29. The van der Waals surface area contributed by atoms with Gasteiger partial charge in [-0.3, -0.25) is 0 Å². The largest absolute Gasteiger partial charge is 0.489 e. The molecule has 3 heteroatoms. The van der Waals surface area contributed by atoms with Crippen LogP contribution >= 0.6 is 0 Å². The average molecular weight is 312 g/mol. The predicted octanol–water partition coefficient (Wildman–Crippen LogP) is 4.22. The minimum atomic E-state index is 0.160. The Hall–Kier alpha value is -2.00. The zero-order valence-corrected chi connectivity index (χ0v) is 14.7. The second-order valence-corrected chi connectivity index (χ2v) is 6.09. The molecule has 0 heterocycles. The van der Waals surface area contributed by atoms with Crippen molar-refractivity contribution in [1.82, 2.24) is 5.32 Å². The lowest BCUT2D eigenvalue weighted by Crippen LogP contribution is -2.19. The molecule has 0 aliphatic carbocycles. The molecule has 2 aromatic carbocycles. The van der Waals surface area contributed by atoms with E-state index >= 15 is 0 Å².